The Labute approximate surface area is 176 Å². The van der Waals surface area contributed by atoms with Crippen LogP contribution in [-0.4, -0.2) is 20.1 Å². The molecule has 0 saturated carbocycles. The summed E-state index contributed by atoms with van der Waals surface area (Å²) < 4.78 is 28.4. The molecule has 0 heterocycles. The molecule has 7 heteroatoms. The van der Waals surface area contributed by atoms with Crippen molar-refractivity contribution in [2.75, 3.05) is 10.0 Å². The lowest BCUT2D eigenvalue weighted by atomic mass is 10.1. The van der Waals surface area contributed by atoms with E-state index in [-0.39, 0.29) is 21.9 Å². The third kappa shape index (κ3) is 4.75. The minimum Gasteiger partial charge on any atom is -0.322 e. The topological polar surface area (TPSA) is 92.3 Å². The summed E-state index contributed by atoms with van der Waals surface area (Å²) in [5, 5.41) is 2.80. The molecule has 1 amide bonds. The van der Waals surface area contributed by atoms with Gasteiger partial charge in [0.25, 0.3) is 15.9 Å². The van der Waals surface area contributed by atoms with Crippen LogP contribution in [0.1, 0.15) is 38.8 Å². The number of Topliss-reactive ketones (excluding diaryl/α,β-unsaturated/α-hetero) is 1. The average molecular weight is 423 g/mol. The van der Waals surface area contributed by atoms with Crippen LogP contribution in [-0.2, 0) is 10.0 Å². The Morgan fingerprint density at radius 3 is 2.23 bits per heavy atom. The second kappa shape index (κ2) is 8.51. The Morgan fingerprint density at radius 1 is 0.800 bits per heavy atom. The van der Waals surface area contributed by atoms with Crippen molar-refractivity contribution >= 4 is 33.1 Å². The molecule has 0 atom stereocenters. The Balaban J connectivity index is 1.90. The van der Waals surface area contributed by atoms with Gasteiger partial charge in [-0.05, 0) is 62.2 Å². The predicted octanol–water partition coefficient (Wildman–Crippen LogP) is 4.56. The molecule has 2 N–H and O–H groups in total. The first-order valence-corrected chi connectivity index (χ1v) is 10.8. The molecule has 0 aliphatic rings. The number of para-hydroxylation sites is 1. The van der Waals surface area contributed by atoms with Crippen molar-refractivity contribution in [3.63, 3.8) is 0 Å². The van der Waals surface area contributed by atoms with E-state index in [1.807, 2.05) is 25.1 Å². The maximum absolute atomic E-state index is 13.0. The van der Waals surface area contributed by atoms with Gasteiger partial charge in [0.05, 0.1) is 4.90 Å². The molecule has 0 fully saturated rings. The first-order valence-electron chi connectivity index (χ1n) is 9.29. The number of carbonyl (C=O) groups is 2. The fourth-order valence-corrected chi connectivity index (χ4v) is 4.27. The molecule has 0 spiro atoms. The molecule has 154 valence electrons. The Kier molecular flexibility index (Phi) is 6.03. The van der Waals surface area contributed by atoms with Gasteiger partial charge in [0.2, 0.25) is 0 Å². The molecule has 3 aromatic rings. The highest BCUT2D eigenvalue weighted by molar-refractivity contribution is 7.92. The van der Waals surface area contributed by atoms with Gasteiger partial charge < -0.3 is 5.32 Å². The van der Waals surface area contributed by atoms with E-state index in [1.165, 1.54) is 19.1 Å². The van der Waals surface area contributed by atoms with Gasteiger partial charge in [0, 0.05) is 22.5 Å². The predicted molar refractivity (Wildman–Crippen MR) is 118 cm³/mol. The van der Waals surface area contributed by atoms with Crippen LogP contribution in [0.25, 0.3) is 0 Å². The molecule has 3 aromatic carbocycles. The third-order valence-corrected chi connectivity index (χ3v) is 6.18. The first kappa shape index (κ1) is 21.3. The van der Waals surface area contributed by atoms with Crippen molar-refractivity contribution in [2.24, 2.45) is 0 Å². The summed E-state index contributed by atoms with van der Waals surface area (Å²) in [4.78, 5) is 24.2. The van der Waals surface area contributed by atoms with E-state index < -0.39 is 15.9 Å². The van der Waals surface area contributed by atoms with Gasteiger partial charge in [-0.2, -0.15) is 0 Å². The number of ketones is 1. The normalized spacial score (nSPS) is 11.0. The van der Waals surface area contributed by atoms with E-state index in [4.69, 9.17) is 0 Å². The van der Waals surface area contributed by atoms with Crippen LogP contribution in [0.15, 0.2) is 71.6 Å². The number of hydrogen-bond donors (Lipinski definition) is 2. The number of amides is 1. The number of sulfonamides is 1. The Hall–Kier alpha value is -3.45. The lowest BCUT2D eigenvalue weighted by Crippen LogP contribution is -2.17. The summed E-state index contributed by atoms with van der Waals surface area (Å²) in [5.41, 5.74) is 2.96. The van der Waals surface area contributed by atoms with Crippen LogP contribution < -0.4 is 10.0 Å². The SMILES string of the molecule is CC(=O)c1cccc(NS(=O)(=O)c2cc(C(=O)Nc3ccccc3C)ccc2C)c1. The van der Waals surface area contributed by atoms with Crippen LogP contribution in [0.4, 0.5) is 11.4 Å². The standard InChI is InChI=1S/C23H22N2O4S/c1-15-7-4-5-10-21(15)24-23(27)19-12-11-16(2)22(14-19)30(28,29)25-20-9-6-8-18(13-20)17(3)26/h4-14,25H,1-3H3,(H,24,27). The summed E-state index contributed by atoms with van der Waals surface area (Å²) in [6.07, 6.45) is 0. The van der Waals surface area contributed by atoms with Gasteiger partial charge in [0.15, 0.2) is 5.78 Å². The highest BCUT2D eigenvalue weighted by atomic mass is 32.2. The average Bonchev–Trinajstić information content (AvgIpc) is 2.69. The van der Waals surface area contributed by atoms with Crippen LogP contribution >= 0.6 is 0 Å². The van der Waals surface area contributed by atoms with Crippen LogP contribution in [0, 0.1) is 13.8 Å². The van der Waals surface area contributed by atoms with Crippen LogP contribution in [0.3, 0.4) is 0 Å². The molecular weight excluding hydrogens is 400 g/mol. The number of carbonyl (C=O) groups excluding carboxylic acids is 2. The van der Waals surface area contributed by atoms with Gasteiger partial charge in [0.1, 0.15) is 0 Å². The smallest absolute Gasteiger partial charge is 0.262 e. The van der Waals surface area contributed by atoms with E-state index in [0.717, 1.165) is 5.56 Å². The molecule has 3 rings (SSSR count). The quantitative estimate of drug-likeness (QED) is 0.570. The van der Waals surface area contributed by atoms with Gasteiger partial charge in [-0.25, -0.2) is 8.42 Å². The van der Waals surface area contributed by atoms with Crippen LogP contribution in [0.2, 0.25) is 0 Å². The molecule has 6 nitrogen and oxygen atoms in total. The highest BCUT2D eigenvalue weighted by Crippen LogP contribution is 2.23. The number of benzene rings is 3. The lowest BCUT2D eigenvalue weighted by molar-refractivity contribution is 0.101. The number of nitrogens with one attached hydrogen (secondary N) is 2. The summed E-state index contributed by atoms with van der Waals surface area (Å²) in [5.74, 6) is -0.568. The third-order valence-electron chi connectivity index (χ3n) is 4.65. The van der Waals surface area contributed by atoms with E-state index in [0.29, 0.717) is 16.8 Å². The van der Waals surface area contributed by atoms with Gasteiger partial charge in [-0.15, -0.1) is 0 Å². The largest absolute Gasteiger partial charge is 0.322 e. The molecular formula is C23H22N2O4S. The summed E-state index contributed by atoms with van der Waals surface area (Å²) in [6.45, 7) is 4.94. The van der Waals surface area contributed by atoms with Crippen molar-refractivity contribution in [1.82, 2.24) is 0 Å². The van der Waals surface area contributed by atoms with Crippen molar-refractivity contribution in [3.8, 4) is 0 Å². The van der Waals surface area contributed by atoms with Crippen molar-refractivity contribution in [3.05, 3.63) is 89.0 Å². The zero-order valence-corrected chi connectivity index (χ0v) is 17.7. The number of hydrogen-bond acceptors (Lipinski definition) is 4. The molecule has 0 bridgehead atoms. The number of anilines is 2. The second-order valence-electron chi connectivity index (χ2n) is 6.99. The van der Waals surface area contributed by atoms with Gasteiger partial charge >= 0.3 is 0 Å². The molecule has 0 aliphatic carbocycles. The molecule has 30 heavy (non-hydrogen) atoms. The van der Waals surface area contributed by atoms with E-state index in [9.17, 15) is 18.0 Å². The lowest BCUT2D eigenvalue weighted by Gasteiger charge is -2.13. The van der Waals surface area contributed by atoms with E-state index in [2.05, 4.69) is 10.0 Å². The minimum atomic E-state index is -3.96. The van der Waals surface area contributed by atoms with Crippen molar-refractivity contribution in [1.29, 1.82) is 0 Å². The van der Waals surface area contributed by atoms with Gasteiger partial charge in [-0.3, -0.25) is 14.3 Å². The molecule has 0 unspecified atom stereocenters. The Morgan fingerprint density at radius 2 is 1.53 bits per heavy atom. The fraction of sp³-hybridized carbons (Fsp3) is 0.130. The van der Waals surface area contributed by atoms with Crippen LogP contribution in [0.5, 0.6) is 0 Å². The van der Waals surface area contributed by atoms with Gasteiger partial charge in [-0.1, -0.05) is 36.4 Å². The second-order valence-corrected chi connectivity index (χ2v) is 8.64. The van der Waals surface area contributed by atoms with Crippen molar-refractivity contribution in [2.45, 2.75) is 25.7 Å². The summed E-state index contributed by atoms with van der Waals surface area (Å²) >= 11 is 0. The van der Waals surface area contributed by atoms with E-state index >= 15 is 0 Å². The molecule has 0 radical (unpaired) electrons. The molecule has 0 saturated heterocycles. The fourth-order valence-electron chi connectivity index (χ4n) is 2.95. The number of aryl methyl sites for hydroxylation is 2. The maximum atomic E-state index is 13.0. The zero-order valence-electron chi connectivity index (χ0n) is 16.9. The monoisotopic (exact) mass is 422 g/mol. The highest BCUT2D eigenvalue weighted by Gasteiger charge is 2.20. The first-order chi connectivity index (χ1) is 14.2. The minimum absolute atomic E-state index is 0.00633. The zero-order chi connectivity index (χ0) is 21.9. The van der Waals surface area contributed by atoms with Crippen molar-refractivity contribution < 1.29 is 18.0 Å². The Bertz CT molecular complexity index is 1230. The molecule has 0 aromatic heterocycles. The maximum Gasteiger partial charge on any atom is 0.262 e. The summed E-state index contributed by atoms with van der Waals surface area (Å²) in [6, 6.07) is 18.1. The van der Waals surface area contributed by atoms with E-state index in [1.54, 1.807) is 43.3 Å². The summed E-state index contributed by atoms with van der Waals surface area (Å²) in [7, 11) is -3.96. The molecule has 0 aliphatic heterocycles. The number of rotatable bonds is 6.